The second kappa shape index (κ2) is 4.37. The van der Waals surface area contributed by atoms with E-state index in [9.17, 15) is 9.59 Å². The van der Waals surface area contributed by atoms with E-state index < -0.39 is 11.1 Å². The van der Waals surface area contributed by atoms with Crippen molar-refractivity contribution < 1.29 is 4.79 Å². The van der Waals surface area contributed by atoms with Gasteiger partial charge in [-0.25, -0.2) is 4.79 Å². The normalized spacial score (nSPS) is 11.7. The van der Waals surface area contributed by atoms with Gasteiger partial charge in [-0.05, 0) is 6.07 Å². The molecule has 4 heteroatoms. The number of aromatic nitrogens is 2. The van der Waals surface area contributed by atoms with Crippen molar-refractivity contribution in [3.8, 4) is 0 Å². The van der Waals surface area contributed by atoms with Crippen LogP contribution in [0.4, 0.5) is 0 Å². The Morgan fingerprint density at radius 3 is 2.61 bits per heavy atom. The average Bonchev–Trinajstić information content (AvgIpc) is 2.27. The average molecular weight is 244 g/mol. The van der Waals surface area contributed by atoms with Crippen molar-refractivity contribution in [2.24, 2.45) is 5.41 Å². The first kappa shape index (κ1) is 12.5. The topological polar surface area (TPSA) is 62.8 Å². The summed E-state index contributed by atoms with van der Waals surface area (Å²) in [7, 11) is 0. The second-order valence-electron chi connectivity index (χ2n) is 5.39. The van der Waals surface area contributed by atoms with Gasteiger partial charge in [0.1, 0.15) is 5.78 Å². The van der Waals surface area contributed by atoms with Crippen molar-refractivity contribution in [2.75, 3.05) is 0 Å². The predicted molar refractivity (Wildman–Crippen MR) is 70.5 cm³/mol. The molecule has 0 spiro atoms. The van der Waals surface area contributed by atoms with Crippen LogP contribution >= 0.6 is 0 Å². The Labute approximate surface area is 105 Å². The number of benzene rings is 1. The Kier molecular flexibility index (Phi) is 3.03. The lowest BCUT2D eigenvalue weighted by Gasteiger charge is -2.16. The van der Waals surface area contributed by atoms with Crippen LogP contribution in [0.2, 0.25) is 0 Å². The van der Waals surface area contributed by atoms with Gasteiger partial charge in [0.2, 0.25) is 0 Å². The largest absolute Gasteiger partial charge is 0.345 e. The Bertz CT molecular complexity index is 651. The first-order valence-corrected chi connectivity index (χ1v) is 5.89. The third kappa shape index (κ3) is 2.47. The monoisotopic (exact) mass is 244 g/mol. The molecule has 1 N–H and O–H groups in total. The zero-order valence-corrected chi connectivity index (χ0v) is 10.8. The highest BCUT2D eigenvalue weighted by molar-refractivity contribution is 5.90. The van der Waals surface area contributed by atoms with Gasteiger partial charge in [-0.1, -0.05) is 39.0 Å². The number of carbonyl (C=O) groups is 1. The van der Waals surface area contributed by atoms with Crippen LogP contribution in [-0.2, 0) is 11.2 Å². The van der Waals surface area contributed by atoms with Crippen LogP contribution < -0.4 is 5.69 Å². The summed E-state index contributed by atoms with van der Waals surface area (Å²) in [6.07, 6.45) is 0.224. The number of fused-ring (bicyclic) bond motifs is 1. The van der Waals surface area contributed by atoms with E-state index in [2.05, 4.69) is 9.97 Å². The molecule has 0 amide bonds. The fraction of sp³-hybridized carbons (Fsp3) is 0.357. The molecule has 2 rings (SSSR count). The Hall–Kier alpha value is -1.97. The number of ketones is 1. The molecule has 4 nitrogen and oxygen atoms in total. The summed E-state index contributed by atoms with van der Waals surface area (Å²) in [5.41, 5.74) is 0.440. The minimum atomic E-state index is -0.415. The summed E-state index contributed by atoms with van der Waals surface area (Å²) in [5, 5.41) is 0.828. The maximum Gasteiger partial charge on any atom is 0.345 e. The van der Waals surface area contributed by atoms with E-state index in [-0.39, 0.29) is 12.2 Å². The number of hydrogen-bond acceptors (Lipinski definition) is 3. The molecule has 1 aromatic heterocycles. The van der Waals surface area contributed by atoms with Crippen LogP contribution in [0.5, 0.6) is 0 Å². The van der Waals surface area contributed by atoms with Gasteiger partial charge in [0.15, 0.2) is 0 Å². The van der Waals surface area contributed by atoms with Crippen molar-refractivity contribution in [3.63, 3.8) is 0 Å². The SMILES string of the molecule is CC(C)(C)C(=O)Cc1[nH]c(=O)nc2ccccc12. The maximum absolute atomic E-state index is 12.0. The van der Waals surface area contributed by atoms with Gasteiger partial charge < -0.3 is 4.98 Å². The van der Waals surface area contributed by atoms with E-state index in [1.807, 2.05) is 39.0 Å². The van der Waals surface area contributed by atoms with Gasteiger partial charge in [-0.15, -0.1) is 0 Å². The first-order chi connectivity index (χ1) is 8.38. The van der Waals surface area contributed by atoms with Crippen LogP contribution in [0, 0.1) is 5.41 Å². The minimum absolute atomic E-state index is 0.0921. The molecule has 0 aliphatic carbocycles. The number of rotatable bonds is 2. The van der Waals surface area contributed by atoms with Gasteiger partial charge in [0, 0.05) is 22.9 Å². The Morgan fingerprint density at radius 1 is 1.28 bits per heavy atom. The molecule has 0 aliphatic heterocycles. The quantitative estimate of drug-likeness (QED) is 0.879. The van der Waals surface area contributed by atoms with Gasteiger partial charge in [-0.3, -0.25) is 4.79 Å². The zero-order valence-electron chi connectivity index (χ0n) is 10.8. The first-order valence-electron chi connectivity index (χ1n) is 5.89. The summed E-state index contributed by atoms with van der Waals surface area (Å²) in [4.78, 5) is 30.1. The molecule has 0 saturated heterocycles. The molecular formula is C14H16N2O2. The molecule has 1 aromatic carbocycles. The number of H-pyrrole nitrogens is 1. The Morgan fingerprint density at radius 2 is 1.94 bits per heavy atom. The summed E-state index contributed by atoms with van der Waals surface area (Å²) in [6.45, 7) is 5.62. The van der Waals surface area contributed by atoms with Gasteiger partial charge in [0.25, 0.3) is 0 Å². The van der Waals surface area contributed by atoms with E-state index in [4.69, 9.17) is 0 Å². The molecule has 0 saturated carbocycles. The zero-order chi connectivity index (χ0) is 13.3. The second-order valence-corrected chi connectivity index (χ2v) is 5.39. The molecule has 0 aliphatic rings. The number of para-hydroxylation sites is 1. The lowest BCUT2D eigenvalue weighted by atomic mass is 9.88. The third-order valence-electron chi connectivity index (χ3n) is 2.88. The maximum atomic E-state index is 12.0. The van der Waals surface area contributed by atoms with Gasteiger partial charge in [0.05, 0.1) is 5.52 Å². The van der Waals surface area contributed by atoms with Crippen LogP contribution in [-0.4, -0.2) is 15.8 Å². The number of carbonyl (C=O) groups excluding carboxylic acids is 1. The molecule has 0 atom stereocenters. The summed E-state index contributed by atoms with van der Waals surface area (Å²) in [5.74, 6) is 0.0921. The third-order valence-corrected chi connectivity index (χ3v) is 2.88. The van der Waals surface area contributed by atoms with Crippen LogP contribution in [0.15, 0.2) is 29.1 Å². The van der Waals surface area contributed by atoms with Crippen LogP contribution in [0.25, 0.3) is 10.9 Å². The molecule has 2 aromatic rings. The molecule has 0 radical (unpaired) electrons. The molecule has 18 heavy (non-hydrogen) atoms. The molecular weight excluding hydrogens is 228 g/mol. The van der Waals surface area contributed by atoms with Gasteiger partial charge in [-0.2, -0.15) is 4.98 Å². The molecule has 0 unspecified atom stereocenters. The van der Waals surface area contributed by atoms with Crippen molar-refractivity contribution in [1.82, 2.24) is 9.97 Å². The predicted octanol–water partition coefficient (Wildman–Crippen LogP) is 2.08. The minimum Gasteiger partial charge on any atom is -0.309 e. The smallest absolute Gasteiger partial charge is 0.309 e. The lowest BCUT2D eigenvalue weighted by molar-refractivity contribution is -0.125. The summed E-state index contributed by atoms with van der Waals surface area (Å²) in [6, 6.07) is 7.33. The highest BCUT2D eigenvalue weighted by Gasteiger charge is 2.22. The number of nitrogens with zero attached hydrogens (tertiary/aromatic N) is 1. The van der Waals surface area contributed by atoms with Crippen molar-refractivity contribution in [3.05, 3.63) is 40.4 Å². The van der Waals surface area contributed by atoms with E-state index in [1.54, 1.807) is 6.07 Å². The van der Waals surface area contributed by atoms with Crippen LogP contribution in [0.1, 0.15) is 26.5 Å². The van der Waals surface area contributed by atoms with E-state index in [1.165, 1.54) is 0 Å². The fourth-order valence-electron chi connectivity index (χ4n) is 1.73. The molecule has 0 bridgehead atoms. The van der Waals surface area contributed by atoms with E-state index in [0.717, 1.165) is 5.39 Å². The summed E-state index contributed by atoms with van der Waals surface area (Å²) < 4.78 is 0. The highest BCUT2D eigenvalue weighted by atomic mass is 16.1. The van der Waals surface area contributed by atoms with Crippen LogP contribution in [0.3, 0.4) is 0 Å². The lowest BCUT2D eigenvalue weighted by Crippen LogP contribution is -2.24. The number of nitrogens with one attached hydrogen (secondary N) is 1. The standard InChI is InChI=1S/C14H16N2O2/c1-14(2,3)12(17)8-11-9-6-4-5-7-10(9)15-13(18)16-11/h4-7H,8H2,1-3H3,(H,15,16,18). The van der Waals surface area contributed by atoms with Crippen molar-refractivity contribution in [2.45, 2.75) is 27.2 Å². The highest BCUT2D eigenvalue weighted by Crippen LogP contribution is 2.20. The number of Topliss-reactive ketones (excluding diaryl/α,β-unsaturated/α-hetero) is 1. The fourth-order valence-corrected chi connectivity index (χ4v) is 1.73. The Balaban J connectivity index is 2.51. The van der Waals surface area contributed by atoms with Crippen molar-refractivity contribution >= 4 is 16.7 Å². The summed E-state index contributed by atoms with van der Waals surface area (Å²) >= 11 is 0. The van der Waals surface area contributed by atoms with Crippen molar-refractivity contribution in [1.29, 1.82) is 0 Å². The molecule has 1 heterocycles. The molecule has 94 valence electrons. The van der Waals surface area contributed by atoms with E-state index >= 15 is 0 Å². The molecule has 0 fully saturated rings. The van der Waals surface area contributed by atoms with E-state index in [0.29, 0.717) is 11.2 Å². The van der Waals surface area contributed by atoms with Gasteiger partial charge >= 0.3 is 5.69 Å². The number of hydrogen-bond donors (Lipinski definition) is 1. The number of aromatic amines is 1.